The van der Waals surface area contributed by atoms with Crippen LogP contribution in [0.3, 0.4) is 0 Å². The lowest BCUT2D eigenvalue weighted by molar-refractivity contribution is 0.626. The van der Waals surface area contributed by atoms with E-state index in [1.54, 1.807) is 6.20 Å². The maximum absolute atomic E-state index is 12.7. The highest BCUT2D eigenvalue weighted by Gasteiger charge is 2.09. The molecule has 0 spiro atoms. The van der Waals surface area contributed by atoms with Gasteiger partial charge in [-0.1, -0.05) is 127 Å². The van der Waals surface area contributed by atoms with Gasteiger partial charge in [0.25, 0.3) is 0 Å². The molecule has 256 valence electrons. The number of hydrogen-bond acceptors (Lipinski definition) is 2. The summed E-state index contributed by atoms with van der Waals surface area (Å²) in [5.74, 6) is -0.192. The molecule has 0 bridgehead atoms. The summed E-state index contributed by atoms with van der Waals surface area (Å²) in [6, 6.07) is 13.4. The highest BCUT2D eigenvalue weighted by Crippen LogP contribution is 2.19. The number of hydrogen-bond donors (Lipinski definition) is 1. The molecule has 2 aromatic rings. The van der Waals surface area contributed by atoms with Crippen LogP contribution in [0.2, 0.25) is 0 Å². The van der Waals surface area contributed by atoms with Crippen molar-refractivity contribution < 1.29 is 4.39 Å². The van der Waals surface area contributed by atoms with E-state index in [1.807, 2.05) is 52.8 Å². The SMILES string of the molecule is C=C(C)c1cc(C)cc(F)c1.C=C=CC(=C/C)/C(C)=C(\C)C(Cc1cccc(C)c1)=NC=C.C=CCCC.CC.CCCC.CN. The Balaban J connectivity index is -0.000000304. The molecule has 2 aromatic carbocycles. The first-order chi connectivity index (χ1) is 21.9. The van der Waals surface area contributed by atoms with Crippen LogP contribution >= 0.6 is 0 Å². The molecule has 0 amide bonds. The van der Waals surface area contributed by atoms with E-state index in [0.29, 0.717) is 0 Å². The summed E-state index contributed by atoms with van der Waals surface area (Å²) in [7, 11) is 1.50. The van der Waals surface area contributed by atoms with E-state index in [4.69, 9.17) is 0 Å². The molecular weight excluding hydrogens is 563 g/mol. The van der Waals surface area contributed by atoms with Gasteiger partial charge in [0, 0.05) is 18.3 Å². The van der Waals surface area contributed by atoms with Gasteiger partial charge in [0.2, 0.25) is 0 Å². The summed E-state index contributed by atoms with van der Waals surface area (Å²) >= 11 is 0. The molecule has 0 saturated heterocycles. The van der Waals surface area contributed by atoms with Crippen molar-refractivity contribution in [2.24, 2.45) is 10.7 Å². The van der Waals surface area contributed by atoms with Crippen LogP contribution in [0, 0.1) is 19.7 Å². The van der Waals surface area contributed by atoms with Crippen LogP contribution in [-0.4, -0.2) is 12.8 Å². The number of aliphatic imine (C=N–C) groups is 1. The number of nitrogens with zero attached hydrogens (tertiary/aromatic N) is 1. The topological polar surface area (TPSA) is 38.4 Å². The van der Waals surface area contributed by atoms with Crippen molar-refractivity contribution >= 4 is 11.3 Å². The number of benzene rings is 2. The summed E-state index contributed by atoms with van der Waals surface area (Å²) in [6.45, 7) is 37.3. The average Bonchev–Trinajstić information content (AvgIpc) is 3.05. The number of rotatable bonds is 10. The molecule has 2 N–H and O–H groups in total. The zero-order chi connectivity index (χ0) is 36.5. The van der Waals surface area contributed by atoms with Gasteiger partial charge in [-0.25, -0.2) is 4.39 Å². The van der Waals surface area contributed by atoms with Crippen LogP contribution in [-0.2, 0) is 6.42 Å². The van der Waals surface area contributed by atoms with Gasteiger partial charge in [-0.15, -0.1) is 12.3 Å². The lowest BCUT2D eigenvalue weighted by Gasteiger charge is -2.12. The highest BCUT2D eigenvalue weighted by molar-refractivity contribution is 6.02. The molecule has 0 fully saturated rings. The van der Waals surface area contributed by atoms with Gasteiger partial charge < -0.3 is 5.73 Å². The number of nitrogens with two attached hydrogens (primary N) is 1. The summed E-state index contributed by atoms with van der Waals surface area (Å²) in [4.78, 5) is 4.49. The van der Waals surface area contributed by atoms with Gasteiger partial charge in [0.15, 0.2) is 0 Å². The van der Waals surface area contributed by atoms with Gasteiger partial charge in [0.1, 0.15) is 5.82 Å². The Hall–Kier alpha value is -3.78. The Labute approximate surface area is 284 Å². The van der Waals surface area contributed by atoms with Crippen molar-refractivity contribution in [1.29, 1.82) is 0 Å². The van der Waals surface area contributed by atoms with Crippen molar-refractivity contribution in [3.63, 3.8) is 0 Å². The summed E-state index contributed by atoms with van der Waals surface area (Å²) in [6.07, 6.45) is 13.3. The van der Waals surface area contributed by atoms with Crippen molar-refractivity contribution in [2.75, 3.05) is 7.05 Å². The third-order valence-electron chi connectivity index (χ3n) is 6.23. The van der Waals surface area contributed by atoms with Crippen LogP contribution in [0.25, 0.3) is 5.57 Å². The van der Waals surface area contributed by atoms with Crippen LogP contribution in [0.15, 0.2) is 121 Å². The van der Waals surface area contributed by atoms with Crippen molar-refractivity contribution in [1.82, 2.24) is 0 Å². The van der Waals surface area contributed by atoms with Crippen LogP contribution < -0.4 is 5.73 Å². The predicted octanol–water partition coefficient (Wildman–Crippen LogP) is 13.3. The van der Waals surface area contributed by atoms with Gasteiger partial charge in [-0.05, 0) is 107 Å². The predicted molar refractivity (Wildman–Crippen MR) is 211 cm³/mol. The third kappa shape index (κ3) is 25.5. The Kier molecular flexibility index (Phi) is 36.4. The second-order valence-corrected chi connectivity index (χ2v) is 10.1. The zero-order valence-electron chi connectivity index (χ0n) is 31.6. The number of unbranched alkanes of at least 4 members (excludes halogenated alkanes) is 2. The van der Waals surface area contributed by atoms with Gasteiger partial charge in [0.05, 0.1) is 0 Å². The molecule has 0 radical (unpaired) electrons. The quantitative estimate of drug-likeness (QED) is 0.121. The molecule has 46 heavy (non-hydrogen) atoms. The molecule has 0 aliphatic heterocycles. The summed E-state index contributed by atoms with van der Waals surface area (Å²) < 4.78 is 12.7. The fourth-order valence-corrected chi connectivity index (χ4v) is 3.54. The second kappa shape index (κ2) is 34.1. The first-order valence-electron chi connectivity index (χ1n) is 16.5. The molecule has 0 aliphatic carbocycles. The third-order valence-corrected chi connectivity index (χ3v) is 6.23. The number of halogens is 1. The van der Waals surface area contributed by atoms with E-state index >= 15 is 0 Å². The Morgan fingerprint density at radius 2 is 1.48 bits per heavy atom. The van der Waals surface area contributed by atoms with Crippen molar-refractivity contribution in [3.8, 4) is 0 Å². The fourth-order valence-electron chi connectivity index (χ4n) is 3.54. The minimum Gasteiger partial charge on any atom is -0.333 e. The van der Waals surface area contributed by atoms with E-state index in [9.17, 15) is 4.39 Å². The average molecular weight is 631 g/mol. The van der Waals surface area contributed by atoms with E-state index in [2.05, 4.69) is 115 Å². The monoisotopic (exact) mass is 631 g/mol. The fraction of sp³-hybridized carbons (Fsp3) is 0.395. The number of allylic oxidation sites excluding steroid dienone is 7. The Bertz CT molecular complexity index is 1230. The van der Waals surface area contributed by atoms with Gasteiger partial charge >= 0.3 is 0 Å². The lowest BCUT2D eigenvalue weighted by Crippen LogP contribution is -2.07. The smallest absolute Gasteiger partial charge is 0.124 e. The lowest BCUT2D eigenvalue weighted by atomic mass is 9.95. The largest absolute Gasteiger partial charge is 0.333 e. The van der Waals surface area contributed by atoms with Crippen molar-refractivity contribution in [3.05, 3.63) is 144 Å². The van der Waals surface area contributed by atoms with E-state index in [1.165, 1.54) is 60.7 Å². The summed E-state index contributed by atoms with van der Waals surface area (Å²) in [5.41, 5.74) is 17.1. The van der Waals surface area contributed by atoms with Crippen LogP contribution in [0.4, 0.5) is 4.39 Å². The van der Waals surface area contributed by atoms with E-state index in [-0.39, 0.29) is 5.82 Å². The Morgan fingerprint density at radius 1 is 0.891 bits per heavy atom. The van der Waals surface area contributed by atoms with E-state index < -0.39 is 0 Å². The van der Waals surface area contributed by atoms with Crippen LogP contribution in [0.1, 0.15) is 110 Å². The normalized spacial score (nSPS) is 10.4. The minimum atomic E-state index is -0.192. The molecule has 0 aromatic heterocycles. The van der Waals surface area contributed by atoms with Gasteiger partial charge in [-0.2, -0.15) is 0 Å². The molecule has 0 aliphatic rings. The number of aryl methyl sites for hydroxylation is 2. The highest BCUT2D eigenvalue weighted by atomic mass is 19.1. The standard InChI is InChI=1S/C21H25N.C10H11F.C5H10.C4H10.C2H6.CH5N/c1-7-11-20(8-2)17(5)18(6)21(22-9-3)15-19-13-10-12-16(4)14-19;1-7(2)9-4-8(3)5-10(11)6-9;1-3-5-4-2;1-3-4-2;2*1-2/h8-14H,1,3,15H2,2,4-6H3;4-6H,1H2,2-3H3;3H,1,4-5H2,2H3;3-4H2,1-2H3;1-2H3;2H2,1H3/b18-17+,20-8-,22-21?;;;;;. The molecule has 2 nitrogen and oxygen atoms in total. The minimum absolute atomic E-state index is 0.192. The van der Waals surface area contributed by atoms with Crippen LogP contribution in [0.5, 0.6) is 0 Å². The molecule has 3 heteroatoms. The maximum atomic E-state index is 12.7. The van der Waals surface area contributed by atoms with Gasteiger partial charge in [-0.3, -0.25) is 4.99 Å². The van der Waals surface area contributed by atoms with Crippen molar-refractivity contribution in [2.45, 2.75) is 108 Å². The molecule has 0 heterocycles. The molecular formula is C43H67FN2. The molecule has 0 atom stereocenters. The molecule has 0 unspecified atom stereocenters. The van der Waals surface area contributed by atoms with E-state index in [0.717, 1.165) is 40.8 Å². The first kappa shape index (κ1) is 49.1. The summed E-state index contributed by atoms with van der Waals surface area (Å²) in [5, 5.41) is 0. The zero-order valence-corrected chi connectivity index (χ0v) is 31.6. The second-order valence-electron chi connectivity index (χ2n) is 10.1. The molecule has 2 rings (SSSR count). The first-order valence-corrected chi connectivity index (χ1v) is 16.5. The Morgan fingerprint density at radius 3 is 1.85 bits per heavy atom. The molecule has 0 saturated carbocycles. The maximum Gasteiger partial charge on any atom is 0.124 e.